The van der Waals surface area contributed by atoms with E-state index >= 15 is 0 Å². The zero-order chi connectivity index (χ0) is 26.1. The van der Waals surface area contributed by atoms with Gasteiger partial charge in [-0.3, -0.25) is 0 Å². The minimum Gasteiger partial charge on any atom is -0.486 e. The van der Waals surface area contributed by atoms with E-state index in [-0.39, 0.29) is 30.0 Å². The molecular weight excluding hydrogens is 476 g/mol. The molecule has 0 bridgehead atoms. The number of nitrogens with zero attached hydrogens (tertiary/aromatic N) is 4. The van der Waals surface area contributed by atoms with Crippen molar-refractivity contribution in [2.45, 2.75) is 45.3 Å². The number of anilines is 3. The first-order valence-corrected chi connectivity index (χ1v) is 12.8. The zero-order valence-corrected chi connectivity index (χ0v) is 21.5. The van der Waals surface area contributed by atoms with Gasteiger partial charge in [0.15, 0.2) is 17.4 Å². The Kier molecular flexibility index (Phi) is 7.26. The summed E-state index contributed by atoms with van der Waals surface area (Å²) in [5, 5.41) is 13.2. The molecule has 7 nitrogen and oxygen atoms in total. The molecule has 0 unspecified atom stereocenters. The molecule has 1 saturated heterocycles. The molecule has 196 valence electrons. The zero-order valence-electron chi connectivity index (χ0n) is 21.5. The summed E-state index contributed by atoms with van der Waals surface area (Å²) >= 11 is 0. The highest BCUT2D eigenvalue weighted by Crippen LogP contribution is 2.39. The van der Waals surface area contributed by atoms with Crippen molar-refractivity contribution in [2.24, 2.45) is 0 Å². The van der Waals surface area contributed by atoms with Gasteiger partial charge < -0.3 is 25.0 Å². The third kappa shape index (κ3) is 5.24. The molecule has 37 heavy (non-hydrogen) atoms. The fraction of sp³-hybridized carbons (Fsp3) is 0.429. The molecule has 3 heterocycles. The van der Waals surface area contributed by atoms with Crippen LogP contribution in [0.4, 0.5) is 26.1 Å². The topological polar surface area (TPSA) is 73.8 Å². The van der Waals surface area contributed by atoms with Crippen molar-refractivity contribution in [3.05, 3.63) is 59.3 Å². The van der Waals surface area contributed by atoms with Crippen molar-refractivity contribution in [1.82, 2.24) is 14.9 Å². The molecule has 2 aromatic carbocycles. The van der Waals surface area contributed by atoms with Crippen LogP contribution in [0.25, 0.3) is 11.3 Å². The van der Waals surface area contributed by atoms with Crippen molar-refractivity contribution in [3.63, 3.8) is 0 Å². The van der Waals surface area contributed by atoms with Crippen molar-refractivity contribution in [1.29, 1.82) is 0 Å². The minimum atomic E-state index is -0.647. The molecule has 2 aliphatic rings. The second-order valence-corrected chi connectivity index (χ2v) is 10.1. The number of aliphatic hydroxyl groups excluding tert-OH is 1. The number of aromatic nitrogens is 2. The molecule has 0 spiro atoms. The van der Waals surface area contributed by atoms with Gasteiger partial charge in [-0.2, -0.15) is 0 Å². The van der Waals surface area contributed by atoms with E-state index in [0.717, 1.165) is 43.3 Å². The van der Waals surface area contributed by atoms with Crippen molar-refractivity contribution >= 4 is 17.3 Å². The summed E-state index contributed by atoms with van der Waals surface area (Å²) in [6.07, 6.45) is 3.19. The van der Waals surface area contributed by atoms with E-state index in [1.54, 1.807) is 6.07 Å². The monoisotopic (exact) mass is 509 g/mol. The number of nitrogens with one attached hydrogen (secondary N) is 1. The number of ether oxygens (including phenoxy) is 1. The Morgan fingerprint density at radius 2 is 1.89 bits per heavy atom. The molecule has 9 heteroatoms. The number of hydrogen-bond donors (Lipinski definition) is 2. The van der Waals surface area contributed by atoms with Crippen LogP contribution < -0.4 is 15.0 Å². The molecule has 1 fully saturated rings. The van der Waals surface area contributed by atoms with E-state index in [1.165, 1.54) is 6.07 Å². The number of benzene rings is 2. The Bertz CT molecular complexity index is 1280. The Morgan fingerprint density at radius 1 is 1.11 bits per heavy atom. The third-order valence-corrected chi connectivity index (χ3v) is 7.28. The van der Waals surface area contributed by atoms with E-state index in [4.69, 9.17) is 4.74 Å². The Balaban J connectivity index is 1.43. The van der Waals surface area contributed by atoms with Gasteiger partial charge in [0.2, 0.25) is 5.95 Å². The van der Waals surface area contributed by atoms with Gasteiger partial charge in [0.25, 0.3) is 0 Å². The molecule has 0 radical (unpaired) electrons. The smallest absolute Gasteiger partial charge is 0.227 e. The van der Waals surface area contributed by atoms with Crippen LogP contribution in [0.5, 0.6) is 5.75 Å². The summed E-state index contributed by atoms with van der Waals surface area (Å²) in [7, 11) is 2.12. The van der Waals surface area contributed by atoms with Crippen LogP contribution in [0, 0.1) is 11.6 Å². The quantitative estimate of drug-likeness (QED) is 0.480. The standard InChI is InChI=1S/C28H33F2N5O2/c1-17(2)35-10-11-37-27-23(29)13-19(14-25(27)35)26-24(30)15-31-28(33-26)32-21-4-5-22(20(12-21)16-36)18-6-8-34(3)9-7-18/h4-5,12-15,17-18,36H,6-11,16H2,1-3H3,(H,31,32,33). The average Bonchev–Trinajstić information content (AvgIpc) is 2.90. The van der Waals surface area contributed by atoms with Crippen molar-refractivity contribution < 1.29 is 18.6 Å². The number of aliphatic hydroxyl groups is 1. The van der Waals surface area contributed by atoms with E-state index in [1.807, 2.05) is 36.9 Å². The Labute approximate surface area is 216 Å². The van der Waals surface area contributed by atoms with Gasteiger partial charge in [-0.15, -0.1) is 0 Å². The Morgan fingerprint density at radius 3 is 2.62 bits per heavy atom. The number of hydrogen-bond acceptors (Lipinski definition) is 7. The molecule has 0 aliphatic carbocycles. The molecule has 5 rings (SSSR count). The number of fused-ring (bicyclic) bond motifs is 1. The van der Waals surface area contributed by atoms with Gasteiger partial charge in [0.1, 0.15) is 12.3 Å². The molecule has 0 saturated carbocycles. The fourth-order valence-electron chi connectivity index (χ4n) is 5.27. The maximum absolute atomic E-state index is 15.0. The SMILES string of the molecule is CC(C)N1CCOc2c(F)cc(-c3nc(Nc4ccc(C5CCN(C)CC5)c(CO)c4)ncc3F)cc21. The summed E-state index contributed by atoms with van der Waals surface area (Å²) < 4.78 is 35.4. The van der Waals surface area contributed by atoms with Crippen LogP contribution in [0.15, 0.2) is 36.5 Å². The first-order chi connectivity index (χ1) is 17.8. The highest BCUT2D eigenvalue weighted by molar-refractivity contribution is 5.73. The normalized spacial score (nSPS) is 16.6. The lowest BCUT2D eigenvalue weighted by Gasteiger charge is -2.34. The summed E-state index contributed by atoms with van der Waals surface area (Å²) in [6.45, 7) is 7.04. The summed E-state index contributed by atoms with van der Waals surface area (Å²) in [5.74, 6) is -0.427. The molecular formula is C28H33F2N5O2. The summed E-state index contributed by atoms with van der Waals surface area (Å²) in [5.41, 5.74) is 3.59. The second kappa shape index (κ2) is 10.6. The Hall–Kier alpha value is -3.30. The van der Waals surface area contributed by atoms with E-state index < -0.39 is 11.6 Å². The first kappa shape index (κ1) is 25.4. The van der Waals surface area contributed by atoms with Gasteiger partial charge in [-0.1, -0.05) is 6.07 Å². The van der Waals surface area contributed by atoms with Gasteiger partial charge in [-0.05, 0) is 88.1 Å². The van der Waals surface area contributed by atoms with E-state index in [0.29, 0.717) is 36.0 Å². The highest BCUT2D eigenvalue weighted by Gasteiger charge is 2.26. The van der Waals surface area contributed by atoms with Crippen LogP contribution in [-0.2, 0) is 6.61 Å². The molecule has 0 atom stereocenters. The second-order valence-electron chi connectivity index (χ2n) is 10.1. The van der Waals surface area contributed by atoms with Gasteiger partial charge in [0.05, 0.1) is 25.0 Å². The van der Waals surface area contributed by atoms with E-state index in [9.17, 15) is 13.9 Å². The average molecular weight is 510 g/mol. The van der Waals surface area contributed by atoms with Crippen molar-refractivity contribution in [3.8, 4) is 17.0 Å². The number of rotatable bonds is 6. The van der Waals surface area contributed by atoms with E-state index in [2.05, 4.69) is 27.2 Å². The van der Waals surface area contributed by atoms with Gasteiger partial charge >= 0.3 is 0 Å². The molecule has 1 aromatic heterocycles. The lowest BCUT2D eigenvalue weighted by molar-refractivity contribution is 0.249. The first-order valence-electron chi connectivity index (χ1n) is 12.8. The number of halogens is 2. The lowest BCUT2D eigenvalue weighted by atomic mass is 9.86. The van der Waals surface area contributed by atoms with Crippen LogP contribution in [0.3, 0.4) is 0 Å². The van der Waals surface area contributed by atoms with Crippen molar-refractivity contribution in [2.75, 3.05) is 43.5 Å². The molecule has 2 aliphatic heterocycles. The predicted octanol–water partition coefficient (Wildman–Crippen LogP) is 5.07. The maximum Gasteiger partial charge on any atom is 0.227 e. The minimum absolute atomic E-state index is 0.00110. The molecule has 3 aromatic rings. The lowest BCUT2D eigenvalue weighted by Crippen LogP contribution is -2.38. The predicted molar refractivity (Wildman–Crippen MR) is 140 cm³/mol. The van der Waals surface area contributed by atoms with Crippen LogP contribution in [0.2, 0.25) is 0 Å². The van der Waals surface area contributed by atoms with Gasteiger partial charge in [-0.25, -0.2) is 18.7 Å². The fourth-order valence-corrected chi connectivity index (χ4v) is 5.27. The van der Waals surface area contributed by atoms with Crippen LogP contribution >= 0.6 is 0 Å². The summed E-state index contributed by atoms with van der Waals surface area (Å²) in [4.78, 5) is 12.8. The van der Waals surface area contributed by atoms with Crippen LogP contribution in [0.1, 0.15) is 43.7 Å². The maximum atomic E-state index is 15.0. The largest absolute Gasteiger partial charge is 0.486 e. The van der Waals surface area contributed by atoms with Gasteiger partial charge in [0, 0.05) is 17.3 Å². The molecule has 0 amide bonds. The van der Waals surface area contributed by atoms with Crippen LogP contribution in [-0.4, -0.2) is 59.3 Å². The third-order valence-electron chi connectivity index (χ3n) is 7.28. The number of piperidine rings is 1. The number of likely N-dealkylation sites (tertiary alicyclic amines) is 1. The highest BCUT2D eigenvalue weighted by atomic mass is 19.1. The molecule has 2 N–H and O–H groups in total. The summed E-state index contributed by atoms with van der Waals surface area (Å²) in [6, 6.07) is 8.94.